The lowest BCUT2D eigenvalue weighted by Crippen LogP contribution is -2.70. The number of ether oxygens (including phenoxy) is 19. The molecule has 53 nitrogen and oxygen atoms in total. The van der Waals surface area contributed by atoms with E-state index in [1.165, 1.54) is 0 Å². The Bertz CT molecular complexity index is 3040. The first-order valence-electron chi connectivity index (χ1n) is 37.2. The molecule has 0 bridgehead atoms. The van der Waals surface area contributed by atoms with Gasteiger partial charge in [-0.3, -0.25) is 9.59 Å². The molecule has 0 radical (unpaired) electrons. The maximum absolute atomic E-state index is 13.1. The number of carbonyl (C=O) groups excluding carboxylic acids is 2. The van der Waals surface area contributed by atoms with Crippen LogP contribution in [0.5, 0.6) is 0 Å². The maximum atomic E-state index is 13.1. The van der Waals surface area contributed by atoms with Crippen LogP contribution in [0, 0.1) is 0 Å². The SMILES string of the molecule is CC(=O)N[C@@H]1[C@@H](O)[C@H](O[C@@H]2O[C@H](CO)[C@@H](O[C@@H]3O[C@H](CO[C@H]4O[C@H](CO[C@H]5O[C@H](CO)[C@@H](O)[C@H](O)[C@@H]5O)[C@@H](O)[C@H](O[C@H]5O[C@H](CO)[C@@H](O)[C@H](O)[C@@H]5O)[C@@H]4O)[C@@H](O)[C@H](O[C@H]4O[C@H](CO[C@H]5O[C@H](CO)[C@@H](O)[C@H](O)[C@@H]5O[C@H]5O[C@H](CO)[C@@H](O)[C@H](O)[C@@H]5O)[C@@H](O)[C@H](O)[C@@H]4O[C@H]4O[C@H](CO)[C@@H](O)[C@H](O)[C@@H]4O)[C@@H]3O)[C@H](O)[C@H]2NC(C)=O)[C@@H](CO)O[C@H]1O. The third kappa shape index (κ3) is 20.9. The van der Waals surface area contributed by atoms with Gasteiger partial charge in [-0.05, 0) is 0 Å². The summed E-state index contributed by atoms with van der Waals surface area (Å²) in [7, 11) is 0. The summed E-state index contributed by atoms with van der Waals surface area (Å²) in [6.07, 6.45) is -103. The summed E-state index contributed by atoms with van der Waals surface area (Å²) in [5.74, 6) is -1.78. The van der Waals surface area contributed by atoms with Gasteiger partial charge in [0.1, 0.15) is 244 Å². The van der Waals surface area contributed by atoms with Crippen molar-refractivity contribution < 1.29 is 253 Å². The summed E-state index contributed by atoms with van der Waals surface area (Å²) >= 11 is 0. The van der Waals surface area contributed by atoms with Crippen molar-refractivity contribution in [3.63, 3.8) is 0 Å². The average molecular weight is 1720 g/mol. The molecule has 10 aliphatic rings. The van der Waals surface area contributed by atoms with Gasteiger partial charge in [-0.1, -0.05) is 0 Å². The highest BCUT2D eigenvalue weighted by Crippen LogP contribution is 2.40. The first-order valence-corrected chi connectivity index (χ1v) is 37.2. The number of carbonyl (C=O) groups is 2. The van der Waals surface area contributed by atoms with E-state index in [4.69, 9.17) is 90.0 Å². The van der Waals surface area contributed by atoms with Crippen molar-refractivity contribution in [2.75, 3.05) is 66.1 Å². The van der Waals surface area contributed by atoms with Crippen LogP contribution in [0.4, 0.5) is 0 Å². The van der Waals surface area contributed by atoms with Gasteiger partial charge in [-0.15, -0.1) is 0 Å². The second-order valence-electron chi connectivity index (χ2n) is 29.6. The normalized spacial score (nSPS) is 51.5. The Morgan fingerprint density at radius 3 is 0.889 bits per heavy atom. The van der Waals surface area contributed by atoms with E-state index >= 15 is 0 Å². The molecule has 32 N–H and O–H groups in total. The molecule has 680 valence electrons. The Kier molecular flexibility index (Phi) is 34.4. The molecule has 10 rings (SSSR count). The third-order valence-corrected chi connectivity index (χ3v) is 21.6. The van der Waals surface area contributed by atoms with Crippen molar-refractivity contribution >= 4 is 11.8 Å². The van der Waals surface area contributed by atoms with Crippen LogP contribution in [-0.2, 0) is 99.6 Å². The van der Waals surface area contributed by atoms with Crippen molar-refractivity contribution in [1.29, 1.82) is 0 Å². The number of nitrogens with one attached hydrogen (secondary N) is 2. The van der Waals surface area contributed by atoms with Gasteiger partial charge in [-0.25, -0.2) is 0 Å². The van der Waals surface area contributed by atoms with Crippen molar-refractivity contribution in [2.45, 2.75) is 321 Å². The minimum absolute atomic E-state index is 0.808. The molecule has 50 atom stereocenters. The second kappa shape index (κ2) is 41.9. The molecule has 10 saturated heterocycles. The number of aliphatic hydroxyl groups is 30. The van der Waals surface area contributed by atoms with Crippen LogP contribution in [0.2, 0.25) is 0 Å². The minimum Gasteiger partial charge on any atom is -0.394 e. The van der Waals surface area contributed by atoms with Crippen LogP contribution < -0.4 is 10.6 Å². The fraction of sp³-hybridized carbons (Fsp3) is 0.969. The van der Waals surface area contributed by atoms with Gasteiger partial charge in [0.2, 0.25) is 11.8 Å². The predicted molar refractivity (Wildman–Crippen MR) is 353 cm³/mol. The van der Waals surface area contributed by atoms with Crippen LogP contribution in [0.1, 0.15) is 13.8 Å². The Morgan fingerprint density at radius 1 is 0.222 bits per heavy atom. The molecule has 0 spiro atoms. The Hall–Kier alpha value is -3.02. The number of hydrogen-bond acceptors (Lipinski definition) is 51. The van der Waals surface area contributed by atoms with Crippen LogP contribution in [0.25, 0.3) is 0 Å². The molecule has 0 aromatic rings. The largest absolute Gasteiger partial charge is 0.394 e. The molecule has 2 amide bonds. The monoisotopic (exact) mass is 1720 g/mol. The average Bonchev–Trinajstić information content (AvgIpc) is 0.773. The lowest BCUT2D eigenvalue weighted by atomic mass is 9.94. The quantitative estimate of drug-likeness (QED) is 0.0318. The molecule has 0 unspecified atom stereocenters. The van der Waals surface area contributed by atoms with Crippen molar-refractivity contribution in [1.82, 2.24) is 10.6 Å². The van der Waals surface area contributed by atoms with Crippen molar-refractivity contribution in [3.8, 4) is 0 Å². The molecule has 117 heavy (non-hydrogen) atoms. The smallest absolute Gasteiger partial charge is 0.217 e. The van der Waals surface area contributed by atoms with E-state index in [9.17, 15) is 163 Å². The van der Waals surface area contributed by atoms with Gasteiger partial charge < -0.3 is 254 Å². The molecular weight excluding hydrogens is 1610 g/mol. The van der Waals surface area contributed by atoms with Gasteiger partial charge in [-0.2, -0.15) is 0 Å². The number of amides is 2. The highest BCUT2D eigenvalue weighted by atomic mass is 16.8. The number of aliphatic hydroxyl groups excluding tert-OH is 30. The van der Waals surface area contributed by atoms with E-state index in [0.29, 0.717) is 0 Å². The fourth-order valence-corrected chi connectivity index (χ4v) is 14.9. The van der Waals surface area contributed by atoms with Crippen molar-refractivity contribution in [3.05, 3.63) is 0 Å². The zero-order valence-corrected chi connectivity index (χ0v) is 61.9. The van der Waals surface area contributed by atoms with E-state index < -0.39 is 385 Å². The first kappa shape index (κ1) is 96.2. The highest BCUT2D eigenvalue weighted by molar-refractivity contribution is 5.73. The zero-order chi connectivity index (χ0) is 85.9. The molecule has 0 aliphatic carbocycles. The van der Waals surface area contributed by atoms with Gasteiger partial charge in [0.15, 0.2) is 62.9 Å². The minimum atomic E-state index is -2.67. The third-order valence-electron chi connectivity index (χ3n) is 21.6. The fourth-order valence-electron chi connectivity index (χ4n) is 14.9. The Balaban J connectivity index is 1.01. The summed E-state index contributed by atoms with van der Waals surface area (Å²) < 4.78 is 111. The van der Waals surface area contributed by atoms with E-state index in [1.807, 2.05) is 0 Å². The molecule has 53 heteroatoms. The predicted octanol–water partition coefficient (Wildman–Crippen LogP) is -22.5. The summed E-state index contributed by atoms with van der Waals surface area (Å²) in [5, 5.41) is 336. The molecule has 10 aliphatic heterocycles. The first-order chi connectivity index (χ1) is 55.4. The summed E-state index contributed by atoms with van der Waals surface area (Å²) in [6, 6.07) is -3.65. The molecule has 0 aromatic heterocycles. The molecular formula is C64H108N2O51. The van der Waals surface area contributed by atoms with Gasteiger partial charge in [0.05, 0.1) is 66.1 Å². The topological polar surface area (TPSA) is 840 Å². The number of hydrogen-bond donors (Lipinski definition) is 32. The van der Waals surface area contributed by atoms with Gasteiger partial charge in [0, 0.05) is 13.8 Å². The summed E-state index contributed by atoms with van der Waals surface area (Å²) in [6.45, 7) is -9.04. The molecule has 10 fully saturated rings. The number of rotatable bonds is 30. The van der Waals surface area contributed by atoms with Gasteiger partial charge in [0.25, 0.3) is 0 Å². The maximum Gasteiger partial charge on any atom is 0.217 e. The summed E-state index contributed by atoms with van der Waals surface area (Å²) in [4.78, 5) is 25.2. The molecule has 10 heterocycles. The van der Waals surface area contributed by atoms with E-state index in [1.54, 1.807) is 0 Å². The summed E-state index contributed by atoms with van der Waals surface area (Å²) in [5.41, 5.74) is 0. The lowest BCUT2D eigenvalue weighted by Gasteiger charge is -2.51. The Morgan fingerprint density at radius 2 is 0.470 bits per heavy atom. The van der Waals surface area contributed by atoms with Gasteiger partial charge >= 0.3 is 0 Å². The standard InChI is InChI=1S/C64H108N2O51/c1-13(74)65-25-35(84)49(20(8-72)102-55(25)98)112-56-26(66-14(2)75)36(85)50(21(9-73)108-56)113-62-48(97)52(34(83)24(110-62)12-100-58-47(96)51(114-59-44(93)38(87)28(77)16(4-68)104-59)33(82)23(109-58)11-99-57-43(92)37(86)27(76)15(3-67)103-57)115-64-54(117-61-46(95)40(89)30(79)18(6-70)106-61)42(91)32(81)22(111-64)10-101-63-53(41(90)31(80)19(7-71)107-63)116-60-45(94)39(88)29(78)17(5-69)105-60/h15-64,67-73,76-98H,3-12H2,1-2H3,(H,65,74)(H,66,75)/t15-,16-,17-,18-,19-,20-,21-,22-,23-,24-,25-,26-,27-,28-,29-,30-,31-,32-,33-,34-,35-,36-,37+,38+,39+,40+,41+,42+,43+,44+,45+,46+,47+,48+,49-,50-,51+,52+,53+,54+,55-,56+,57+,58+,59-,60-,61-,62+,63+,64-/m1/s1. The van der Waals surface area contributed by atoms with Crippen LogP contribution >= 0.6 is 0 Å². The van der Waals surface area contributed by atoms with Crippen LogP contribution in [0.3, 0.4) is 0 Å². The molecule has 0 aromatic carbocycles. The van der Waals surface area contributed by atoms with Crippen LogP contribution in [0.15, 0.2) is 0 Å². The molecule has 0 saturated carbocycles. The highest BCUT2D eigenvalue weighted by Gasteiger charge is 2.61. The lowest BCUT2D eigenvalue weighted by molar-refractivity contribution is -0.402. The van der Waals surface area contributed by atoms with E-state index in [2.05, 4.69) is 10.6 Å². The van der Waals surface area contributed by atoms with Crippen LogP contribution in [-0.4, -0.2) is 538 Å². The van der Waals surface area contributed by atoms with E-state index in [0.717, 1.165) is 13.8 Å². The Labute approximate surface area is 660 Å². The van der Waals surface area contributed by atoms with E-state index in [-0.39, 0.29) is 0 Å². The van der Waals surface area contributed by atoms with Crippen molar-refractivity contribution in [2.24, 2.45) is 0 Å². The zero-order valence-electron chi connectivity index (χ0n) is 61.9. The second-order valence-corrected chi connectivity index (χ2v) is 29.6.